The molecule has 1 heterocycles. The van der Waals surface area contributed by atoms with E-state index in [1.807, 2.05) is 20.8 Å². The third-order valence-corrected chi connectivity index (χ3v) is 5.53. The van der Waals surface area contributed by atoms with E-state index in [1.54, 1.807) is 0 Å². The van der Waals surface area contributed by atoms with Gasteiger partial charge in [0.2, 0.25) is 0 Å². The average molecular weight is 314 g/mol. The Morgan fingerprint density at radius 1 is 1.24 bits per heavy atom. The van der Waals surface area contributed by atoms with Crippen molar-refractivity contribution in [3.63, 3.8) is 0 Å². The lowest BCUT2D eigenvalue weighted by molar-refractivity contribution is 0.0507. The molecule has 5 heteroatoms. The maximum atomic E-state index is 11.8. The zero-order valence-electron chi connectivity index (χ0n) is 13.8. The van der Waals surface area contributed by atoms with Gasteiger partial charge in [0.1, 0.15) is 5.60 Å². The molecular formula is C16H30N2O2S. The smallest absolute Gasteiger partial charge is 0.407 e. The van der Waals surface area contributed by atoms with Crippen molar-refractivity contribution >= 4 is 17.9 Å². The van der Waals surface area contributed by atoms with Gasteiger partial charge in [0.25, 0.3) is 0 Å². The molecule has 1 amide bonds. The summed E-state index contributed by atoms with van der Waals surface area (Å²) in [6.45, 7) is 9.63. The second kappa shape index (κ2) is 6.78. The lowest BCUT2D eigenvalue weighted by Crippen LogP contribution is -2.54. The molecule has 1 saturated heterocycles. The van der Waals surface area contributed by atoms with E-state index in [9.17, 15) is 4.79 Å². The van der Waals surface area contributed by atoms with Crippen LogP contribution >= 0.6 is 11.8 Å². The Kier molecular flexibility index (Phi) is 5.47. The number of carbonyl (C=O) groups is 1. The summed E-state index contributed by atoms with van der Waals surface area (Å²) in [5, 5.41) is 6.68. The summed E-state index contributed by atoms with van der Waals surface area (Å²) in [6.07, 6.45) is 3.53. The molecule has 2 atom stereocenters. The van der Waals surface area contributed by atoms with Crippen LogP contribution in [0.15, 0.2) is 0 Å². The highest BCUT2D eigenvalue weighted by atomic mass is 32.2. The summed E-state index contributed by atoms with van der Waals surface area (Å²) in [5.41, 5.74) is -0.432. The maximum Gasteiger partial charge on any atom is 0.407 e. The molecule has 21 heavy (non-hydrogen) atoms. The number of hydrogen-bond acceptors (Lipinski definition) is 4. The monoisotopic (exact) mass is 314 g/mol. The first-order valence-corrected chi connectivity index (χ1v) is 9.24. The normalized spacial score (nSPS) is 25.4. The lowest BCUT2D eigenvalue weighted by Gasteiger charge is -2.33. The maximum absolute atomic E-state index is 11.8. The van der Waals surface area contributed by atoms with Gasteiger partial charge in [-0.2, -0.15) is 11.8 Å². The average Bonchev–Trinajstić information content (AvgIpc) is 3.10. The SMILES string of the molecule is CC(C)(C)OC(=O)NCC(C)(NCC1CCSC1)C1CC1. The first-order chi connectivity index (χ1) is 9.78. The number of thioether (sulfide) groups is 1. The molecule has 1 aliphatic carbocycles. The van der Waals surface area contributed by atoms with Crippen molar-refractivity contribution in [2.75, 3.05) is 24.6 Å². The lowest BCUT2D eigenvalue weighted by atomic mass is 9.94. The highest BCUT2D eigenvalue weighted by Crippen LogP contribution is 2.39. The standard InChI is InChI=1S/C16H30N2O2S/c1-15(2,3)20-14(19)17-11-16(4,13-5-6-13)18-9-12-7-8-21-10-12/h12-13,18H,5-11H2,1-4H3,(H,17,19). The van der Waals surface area contributed by atoms with E-state index in [1.165, 1.54) is 30.8 Å². The van der Waals surface area contributed by atoms with Gasteiger partial charge >= 0.3 is 6.09 Å². The summed E-state index contributed by atoms with van der Waals surface area (Å²) in [7, 11) is 0. The van der Waals surface area contributed by atoms with Crippen molar-refractivity contribution in [3.05, 3.63) is 0 Å². The Morgan fingerprint density at radius 3 is 2.48 bits per heavy atom. The van der Waals surface area contributed by atoms with Crippen molar-refractivity contribution < 1.29 is 9.53 Å². The Labute approximate surface area is 133 Å². The van der Waals surface area contributed by atoms with Crippen LogP contribution in [0.3, 0.4) is 0 Å². The fourth-order valence-corrected chi connectivity index (χ4v) is 4.05. The number of nitrogens with one attached hydrogen (secondary N) is 2. The van der Waals surface area contributed by atoms with Gasteiger partial charge in [-0.3, -0.25) is 0 Å². The van der Waals surface area contributed by atoms with Crippen LogP contribution < -0.4 is 10.6 Å². The van der Waals surface area contributed by atoms with Crippen LogP contribution in [0.5, 0.6) is 0 Å². The molecule has 2 rings (SSSR count). The Hall–Kier alpha value is -0.420. The summed E-state index contributed by atoms with van der Waals surface area (Å²) in [6, 6.07) is 0. The van der Waals surface area contributed by atoms with Crippen molar-refractivity contribution in [1.29, 1.82) is 0 Å². The van der Waals surface area contributed by atoms with Gasteiger partial charge in [0.05, 0.1) is 0 Å². The largest absolute Gasteiger partial charge is 0.444 e. The summed E-state index contributed by atoms with van der Waals surface area (Å²) < 4.78 is 5.33. The predicted octanol–water partition coefficient (Wildman–Crippen LogP) is 3.02. The van der Waals surface area contributed by atoms with Crippen molar-refractivity contribution in [3.8, 4) is 0 Å². The van der Waals surface area contributed by atoms with Gasteiger partial charge in [-0.05, 0) is 76.8 Å². The summed E-state index contributed by atoms with van der Waals surface area (Å²) >= 11 is 2.05. The van der Waals surface area contributed by atoms with E-state index in [0.29, 0.717) is 12.5 Å². The molecule has 0 bridgehead atoms. The van der Waals surface area contributed by atoms with E-state index < -0.39 is 5.60 Å². The minimum atomic E-state index is -0.436. The molecule has 0 aromatic rings. The van der Waals surface area contributed by atoms with Gasteiger partial charge in [0.15, 0.2) is 0 Å². The third kappa shape index (κ3) is 5.70. The summed E-state index contributed by atoms with van der Waals surface area (Å²) in [4.78, 5) is 11.8. The van der Waals surface area contributed by atoms with Crippen LogP contribution in [-0.4, -0.2) is 41.8 Å². The third-order valence-electron chi connectivity index (χ3n) is 4.30. The number of carbonyl (C=O) groups excluding carboxylic acids is 1. The molecule has 0 radical (unpaired) electrons. The Balaban J connectivity index is 1.78. The minimum Gasteiger partial charge on any atom is -0.444 e. The molecule has 4 nitrogen and oxygen atoms in total. The highest BCUT2D eigenvalue weighted by molar-refractivity contribution is 7.99. The van der Waals surface area contributed by atoms with Gasteiger partial charge < -0.3 is 15.4 Å². The Morgan fingerprint density at radius 2 is 1.95 bits per heavy atom. The zero-order valence-corrected chi connectivity index (χ0v) is 14.6. The number of alkyl carbamates (subject to hydrolysis) is 1. The molecule has 2 N–H and O–H groups in total. The predicted molar refractivity (Wildman–Crippen MR) is 88.8 cm³/mol. The second-order valence-electron chi connectivity index (χ2n) is 7.66. The van der Waals surface area contributed by atoms with Gasteiger partial charge in [-0.15, -0.1) is 0 Å². The van der Waals surface area contributed by atoms with Crippen molar-refractivity contribution in [1.82, 2.24) is 10.6 Å². The molecule has 122 valence electrons. The molecule has 2 fully saturated rings. The number of rotatable bonds is 6. The molecule has 0 spiro atoms. The van der Waals surface area contributed by atoms with Crippen LogP contribution in [0.2, 0.25) is 0 Å². The fraction of sp³-hybridized carbons (Fsp3) is 0.938. The summed E-state index contributed by atoms with van der Waals surface area (Å²) in [5.74, 6) is 4.03. The van der Waals surface area contributed by atoms with Crippen molar-refractivity contribution in [2.45, 2.75) is 58.1 Å². The molecule has 2 unspecified atom stereocenters. The topological polar surface area (TPSA) is 50.4 Å². The molecule has 1 saturated carbocycles. The minimum absolute atomic E-state index is 0.00413. The van der Waals surface area contributed by atoms with Gasteiger partial charge in [-0.1, -0.05) is 0 Å². The van der Waals surface area contributed by atoms with Crippen molar-refractivity contribution in [2.24, 2.45) is 11.8 Å². The van der Waals surface area contributed by atoms with E-state index in [0.717, 1.165) is 12.5 Å². The van der Waals surface area contributed by atoms with Crippen LogP contribution in [0.1, 0.15) is 47.0 Å². The first kappa shape index (κ1) is 16.9. The molecule has 1 aliphatic heterocycles. The van der Waals surface area contributed by atoms with E-state index >= 15 is 0 Å². The molecule has 0 aromatic carbocycles. The quantitative estimate of drug-likeness (QED) is 0.791. The molecule has 0 aromatic heterocycles. The first-order valence-electron chi connectivity index (χ1n) is 8.08. The number of amides is 1. The highest BCUT2D eigenvalue weighted by Gasteiger charge is 2.42. The number of hydrogen-bond donors (Lipinski definition) is 2. The Bertz CT molecular complexity index is 360. The second-order valence-corrected chi connectivity index (χ2v) is 8.81. The van der Waals surface area contributed by atoms with Crippen LogP contribution in [0.25, 0.3) is 0 Å². The van der Waals surface area contributed by atoms with E-state index in [2.05, 4.69) is 29.3 Å². The fourth-order valence-electron chi connectivity index (χ4n) is 2.76. The molecular weight excluding hydrogens is 284 g/mol. The van der Waals surface area contributed by atoms with Gasteiger partial charge in [0, 0.05) is 12.1 Å². The van der Waals surface area contributed by atoms with E-state index in [-0.39, 0.29) is 11.6 Å². The zero-order chi connectivity index (χ0) is 15.5. The number of ether oxygens (including phenoxy) is 1. The van der Waals surface area contributed by atoms with Gasteiger partial charge in [-0.25, -0.2) is 4.79 Å². The van der Waals surface area contributed by atoms with E-state index in [4.69, 9.17) is 4.74 Å². The van der Waals surface area contributed by atoms with Crippen LogP contribution in [-0.2, 0) is 4.74 Å². The van der Waals surface area contributed by atoms with Crippen LogP contribution in [0, 0.1) is 11.8 Å². The molecule has 2 aliphatic rings. The van der Waals surface area contributed by atoms with Crippen LogP contribution in [0.4, 0.5) is 4.79 Å².